The molecule has 0 heterocycles. The predicted molar refractivity (Wildman–Crippen MR) is 120 cm³/mol. The van der Waals surface area contributed by atoms with Crippen LogP contribution in [0.15, 0.2) is 35.3 Å². The highest BCUT2D eigenvalue weighted by atomic mass is 15.2. The lowest BCUT2D eigenvalue weighted by Crippen LogP contribution is -2.42. The van der Waals surface area contributed by atoms with Gasteiger partial charge in [-0.15, -0.1) is 0 Å². The second-order valence-corrected chi connectivity index (χ2v) is 7.18. The first-order valence-electron chi connectivity index (χ1n) is 10.6. The fourth-order valence-corrected chi connectivity index (χ4v) is 3.15. The first-order chi connectivity index (χ1) is 13.1. The fraction of sp³-hybridized carbons (Fsp3) is 0.682. The lowest BCUT2D eigenvalue weighted by atomic mass is 10.2. The summed E-state index contributed by atoms with van der Waals surface area (Å²) in [6.07, 6.45) is 4.68. The molecule has 1 aromatic rings. The van der Waals surface area contributed by atoms with Crippen LogP contribution in [0.25, 0.3) is 0 Å². The van der Waals surface area contributed by atoms with Gasteiger partial charge in [-0.2, -0.15) is 0 Å². The topological polar surface area (TPSA) is 42.9 Å². The minimum absolute atomic E-state index is 0.441. The molecule has 5 nitrogen and oxygen atoms in total. The summed E-state index contributed by atoms with van der Waals surface area (Å²) in [5.41, 5.74) is 1.28. The molecule has 0 radical (unpaired) electrons. The average Bonchev–Trinajstić information content (AvgIpc) is 2.70. The smallest absolute Gasteiger partial charge is 0.191 e. The van der Waals surface area contributed by atoms with Gasteiger partial charge in [-0.05, 0) is 64.4 Å². The van der Waals surface area contributed by atoms with Crippen LogP contribution in [0, 0.1) is 0 Å². The van der Waals surface area contributed by atoms with Crippen LogP contribution in [0.5, 0.6) is 0 Å². The molecule has 154 valence electrons. The van der Waals surface area contributed by atoms with E-state index in [1.165, 1.54) is 25.1 Å². The molecule has 2 N–H and O–H groups in total. The quantitative estimate of drug-likeness (QED) is 0.314. The minimum atomic E-state index is 0.441. The third kappa shape index (κ3) is 10.2. The average molecular weight is 376 g/mol. The predicted octanol–water partition coefficient (Wildman–Crippen LogP) is 3.58. The van der Waals surface area contributed by atoms with Gasteiger partial charge >= 0.3 is 0 Å². The maximum Gasteiger partial charge on any atom is 0.191 e. The van der Waals surface area contributed by atoms with Crippen molar-refractivity contribution in [3.05, 3.63) is 30.3 Å². The summed E-state index contributed by atoms with van der Waals surface area (Å²) in [4.78, 5) is 9.15. The summed E-state index contributed by atoms with van der Waals surface area (Å²) in [5.74, 6) is 0.918. The highest BCUT2D eigenvalue weighted by molar-refractivity contribution is 5.79. The number of rotatable bonds is 13. The summed E-state index contributed by atoms with van der Waals surface area (Å²) in [5, 5.41) is 6.96. The van der Waals surface area contributed by atoms with Crippen LogP contribution in [-0.2, 0) is 0 Å². The van der Waals surface area contributed by atoms with E-state index in [9.17, 15) is 0 Å². The first-order valence-corrected chi connectivity index (χ1v) is 10.6. The highest BCUT2D eigenvalue weighted by Crippen LogP contribution is 2.11. The maximum absolute atomic E-state index is 4.36. The summed E-state index contributed by atoms with van der Waals surface area (Å²) < 4.78 is 0. The van der Waals surface area contributed by atoms with E-state index in [-0.39, 0.29) is 0 Å². The number of nitrogens with zero attached hydrogens (tertiary/aromatic N) is 3. The molecule has 0 saturated carbocycles. The summed E-state index contributed by atoms with van der Waals surface area (Å²) in [6.45, 7) is 12.2. The molecule has 1 aromatic carbocycles. The molecule has 1 rings (SSSR count). The van der Waals surface area contributed by atoms with Gasteiger partial charge in [-0.1, -0.05) is 32.0 Å². The van der Waals surface area contributed by atoms with Crippen molar-refractivity contribution in [2.75, 3.05) is 51.7 Å². The molecule has 5 heteroatoms. The maximum atomic E-state index is 4.36. The zero-order valence-electron chi connectivity index (χ0n) is 18.2. The molecular formula is C22H41N5. The van der Waals surface area contributed by atoms with E-state index in [2.05, 4.69) is 83.6 Å². The molecule has 0 aliphatic rings. The molecule has 0 spiro atoms. The number of aliphatic imine (C=N–C) groups is 1. The lowest BCUT2D eigenvalue weighted by Gasteiger charge is -2.21. The Balaban J connectivity index is 2.15. The number of anilines is 1. The van der Waals surface area contributed by atoms with E-state index in [0.717, 1.165) is 45.0 Å². The number of hydrogen-bond acceptors (Lipinski definition) is 3. The normalized spacial score (nSPS) is 12.9. The lowest BCUT2D eigenvalue weighted by molar-refractivity contribution is 0.292. The summed E-state index contributed by atoms with van der Waals surface area (Å²) >= 11 is 0. The molecule has 27 heavy (non-hydrogen) atoms. The van der Waals surface area contributed by atoms with E-state index in [4.69, 9.17) is 0 Å². The fourth-order valence-electron chi connectivity index (χ4n) is 3.15. The first kappa shape index (κ1) is 23.3. The zero-order chi connectivity index (χ0) is 19.9. The van der Waals surface area contributed by atoms with Crippen molar-refractivity contribution >= 4 is 11.6 Å². The van der Waals surface area contributed by atoms with Crippen LogP contribution >= 0.6 is 0 Å². The SMILES string of the molecule is CCN(CC)CCCC(C)NC(=NC)NCCCCN(C)c1ccccc1. The monoisotopic (exact) mass is 375 g/mol. The van der Waals surface area contributed by atoms with Gasteiger partial charge in [0.05, 0.1) is 0 Å². The van der Waals surface area contributed by atoms with Crippen LogP contribution < -0.4 is 15.5 Å². The Bertz CT molecular complexity index is 499. The molecule has 0 amide bonds. The summed E-state index contributed by atoms with van der Waals surface area (Å²) in [7, 11) is 4.00. The van der Waals surface area contributed by atoms with Gasteiger partial charge in [0.25, 0.3) is 0 Å². The number of nitrogens with one attached hydrogen (secondary N) is 2. The molecule has 1 unspecified atom stereocenters. The summed E-state index contributed by atoms with van der Waals surface area (Å²) in [6, 6.07) is 11.0. The minimum Gasteiger partial charge on any atom is -0.375 e. The van der Waals surface area contributed by atoms with Gasteiger partial charge < -0.3 is 20.4 Å². The van der Waals surface area contributed by atoms with Crippen LogP contribution in [0.3, 0.4) is 0 Å². The number of unbranched alkanes of at least 4 members (excludes halogenated alkanes) is 1. The van der Waals surface area contributed by atoms with Crippen molar-refractivity contribution in [3.8, 4) is 0 Å². The Morgan fingerprint density at radius 1 is 1.04 bits per heavy atom. The van der Waals surface area contributed by atoms with Gasteiger partial charge in [0, 0.05) is 38.9 Å². The van der Waals surface area contributed by atoms with Crippen molar-refractivity contribution < 1.29 is 0 Å². The van der Waals surface area contributed by atoms with Gasteiger partial charge in [0.2, 0.25) is 0 Å². The van der Waals surface area contributed by atoms with Crippen LogP contribution in [0.4, 0.5) is 5.69 Å². The van der Waals surface area contributed by atoms with Crippen molar-refractivity contribution in [1.82, 2.24) is 15.5 Å². The molecule has 0 aliphatic heterocycles. The van der Waals surface area contributed by atoms with Crippen molar-refractivity contribution in [3.63, 3.8) is 0 Å². The highest BCUT2D eigenvalue weighted by Gasteiger charge is 2.06. The largest absolute Gasteiger partial charge is 0.375 e. The van der Waals surface area contributed by atoms with Crippen molar-refractivity contribution in [2.24, 2.45) is 4.99 Å². The molecule has 0 aliphatic carbocycles. The van der Waals surface area contributed by atoms with Gasteiger partial charge in [-0.25, -0.2) is 0 Å². The van der Waals surface area contributed by atoms with Crippen LogP contribution in [-0.4, -0.2) is 63.7 Å². The second kappa shape index (κ2) is 14.3. The van der Waals surface area contributed by atoms with E-state index in [1.807, 2.05) is 7.05 Å². The van der Waals surface area contributed by atoms with Crippen LogP contribution in [0.1, 0.15) is 46.5 Å². The number of hydrogen-bond donors (Lipinski definition) is 2. The van der Waals surface area contributed by atoms with Gasteiger partial charge in [0.15, 0.2) is 5.96 Å². The van der Waals surface area contributed by atoms with E-state index in [0.29, 0.717) is 6.04 Å². The van der Waals surface area contributed by atoms with Crippen molar-refractivity contribution in [1.29, 1.82) is 0 Å². The molecule has 0 saturated heterocycles. The Labute approximate surface area is 167 Å². The Morgan fingerprint density at radius 2 is 1.74 bits per heavy atom. The number of benzene rings is 1. The van der Waals surface area contributed by atoms with E-state index in [1.54, 1.807) is 0 Å². The molecular weight excluding hydrogens is 334 g/mol. The Morgan fingerprint density at radius 3 is 2.37 bits per heavy atom. The number of guanidine groups is 1. The number of para-hydroxylation sites is 1. The van der Waals surface area contributed by atoms with Crippen molar-refractivity contribution in [2.45, 2.75) is 52.5 Å². The third-order valence-electron chi connectivity index (χ3n) is 5.02. The van der Waals surface area contributed by atoms with E-state index >= 15 is 0 Å². The molecule has 0 bridgehead atoms. The zero-order valence-corrected chi connectivity index (χ0v) is 18.2. The third-order valence-corrected chi connectivity index (χ3v) is 5.02. The van der Waals surface area contributed by atoms with Crippen LogP contribution in [0.2, 0.25) is 0 Å². The van der Waals surface area contributed by atoms with Gasteiger partial charge in [0.1, 0.15) is 0 Å². The second-order valence-electron chi connectivity index (χ2n) is 7.18. The molecule has 0 aromatic heterocycles. The van der Waals surface area contributed by atoms with Gasteiger partial charge in [-0.3, -0.25) is 4.99 Å². The Hall–Kier alpha value is -1.75. The van der Waals surface area contributed by atoms with E-state index < -0.39 is 0 Å². The Kier molecular flexibility index (Phi) is 12.4. The molecule has 1 atom stereocenters. The molecule has 0 fully saturated rings. The standard InChI is InChI=1S/C22H41N5/c1-6-27(7-2)19-13-14-20(3)25-22(23-4)24-17-11-12-18-26(5)21-15-9-8-10-16-21/h8-10,15-16,20H,6-7,11-14,17-19H2,1-5H3,(H2,23,24,25).